The van der Waals surface area contributed by atoms with Crippen LogP contribution in [0.4, 0.5) is 5.69 Å². The number of halogens is 2. The van der Waals surface area contributed by atoms with Crippen molar-refractivity contribution in [2.75, 3.05) is 10.8 Å². The lowest BCUT2D eigenvalue weighted by atomic mass is 10.1. The van der Waals surface area contributed by atoms with E-state index in [1.807, 2.05) is 0 Å². The minimum Gasteiger partial charge on any atom is -0.459 e. The van der Waals surface area contributed by atoms with Gasteiger partial charge in [-0.1, -0.05) is 46.6 Å². The van der Waals surface area contributed by atoms with E-state index >= 15 is 0 Å². The molecule has 0 fully saturated rings. The van der Waals surface area contributed by atoms with Crippen LogP contribution in [0.5, 0.6) is 0 Å². The van der Waals surface area contributed by atoms with Crippen molar-refractivity contribution in [3.05, 3.63) is 75.2 Å². The lowest BCUT2D eigenvalue weighted by molar-refractivity contribution is -0.152. The van der Waals surface area contributed by atoms with Crippen LogP contribution in [-0.2, 0) is 19.6 Å². The second-order valence-electron chi connectivity index (χ2n) is 8.89. The fraction of sp³-hybridized carbons (Fsp3) is 0.208. The van der Waals surface area contributed by atoms with Gasteiger partial charge in [0.1, 0.15) is 12.1 Å². The smallest absolute Gasteiger partial charge is 0.439 e. The molecule has 0 radical (unpaired) electrons. The Kier molecular flexibility index (Phi) is 6.87. The van der Waals surface area contributed by atoms with Crippen LogP contribution in [0.3, 0.4) is 0 Å². The molecule has 3 aromatic carbocycles. The molecule has 0 saturated heterocycles. The molecule has 0 spiro atoms. The second kappa shape index (κ2) is 9.61. The summed E-state index contributed by atoms with van der Waals surface area (Å²) in [6, 6.07) is 14.0. The summed E-state index contributed by atoms with van der Waals surface area (Å²) in [5.74, 6) is -1.15. The zero-order chi connectivity index (χ0) is 26.3. The van der Waals surface area contributed by atoms with Crippen LogP contribution in [0.2, 0.25) is 10.0 Å². The van der Waals surface area contributed by atoms with Gasteiger partial charge in [0.2, 0.25) is 0 Å². The molecule has 4 rings (SSSR count). The predicted molar refractivity (Wildman–Crippen MR) is 137 cm³/mol. The predicted octanol–water partition coefficient (Wildman–Crippen LogP) is 5.03. The minimum atomic E-state index is -4.27. The Balaban J connectivity index is 1.79. The number of rotatable bonds is 6. The average molecular weight is 550 g/mol. The van der Waals surface area contributed by atoms with Gasteiger partial charge in [-0.15, -0.1) is 0 Å². The molecule has 1 N–H and O–H groups in total. The zero-order valence-corrected chi connectivity index (χ0v) is 21.7. The van der Waals surface area contributed by atoms with Gasteiger partial charge in [-0.25, -0.2) is 13.2 Å². The first-order valence-corrected chi connectivity index (χ1v) is 12.8. The highest BCUT2D eigenvalue weighted by Crippen LogP contribution is 2.31. The van der Waals surface area contributed by atoms with Gasteiger partial charge < -0.3 is 4.74 Å². The fourth-order valence-electron chi connectivity index (χ4n) is 3.50. The molecular formula is C24H21Cl2N3O6S. The van der Waals surface area contributed by atoms with Crippen LogP contribution < -0.4 is 10.1 Å². The van der Waals surface area contributed by atoms with Gasteiger partial charge in [-0.05, 0) is 67.9 Å². The van der Waals surface area contributed by atoms with E-state index in [-0.39, 0.29) is 26.5 Å². The number of esters is 1. The first kappa shape index (κ1) is 25.7. The number of sulfonamides is 1. The third kappa shape index (κ3) is 5.72. The molecule has 0 aliphatic heterocycles. The number of aromatic amines is 1. The molecule has 12 heteroatoms. The van der Waals surface area contributed by atoms with E-state index in [1.165, 1.54) is 18.2 Å². The van der Waals surface area contributed by atoms with Gasteiger partial charge in [-0.2, -0.15) is 0 Å². The Labute approximate surface area is 216 Å². The van der Waals surface area contributed by atoms with Crippen LogP contribution in [0, 0.1) is 0 Å². The first-order valence-electron chi connectivity index (χ1n) is 10.6. The van der Waals surface area contributed by atoms with E-state index in [0.717, 1.165) is 9.69 Å². The van der Waals surface area contributed by atoms with Crippen molar-refractivity contribution in [3.63, 3.8) is 0 Å². The molecule has 4 aromatic rings. The number of nitrogens with one attached hydrogen (secondary N) is 1. The lowest BCUT2D eigenvalue weighted by Gasteiger charge is -2.26. The van der Waals surface area contributed by atoms with E-state index in [1.54, 1.807) is 57.2 Å². The molecule has 0 saturated carbocycles. The number of ether oxygens (including phenoxy) is 1. The maximum Gasteiger partial charge on any atom is 0.439 e. The van der Waals surface area contributed by atoms with Crippen molar-refractivity contribution in [1.29, 1.82) is 0 Å². The van der Waals surface area contributed by atoms with E-state index in [9.17, 15) is 18.0 Å². The Morgan fingerprint density at radius 1 is 1.03 bits per heavy atom. The normalized spacial score (nSPS) is 12.0. The highest BCUT2D eigenvalue weighted by Gasteiger charge is 2.30. The largest absolute Gasteiger partial charge is 0.459 e. The van der Waals surface area contributed by atoms with Crippen molar-refractivity contribution in [2.45, 2.75) is 31.3 Å². The number of H-pyrrole nitrogens is 1. The molecule has 188 valence electrons. The summed E-state index contributed by atoms with van der Waals surface area (Å²) in [7, 11) is -4.27. The van der Waals surface area contributed by atoms with Crippen LogP contribution in [0.1, 0.15) is 20.8 Å². The molecule has 9 nitrogen and oxygen atoms in total. The maximum atomic E-state index is 13.7. The molecule has 0 aliphatic carbocycles. The van der Waals surface area contributed by atoms with Crippen molar-refractivity contribution in [2.24, 2.45) is 0 Å². The Bertz CT molecular complexity index is 1600. The summed E-state index contributed by atoms with van der Waals surface area (Å²) < 4.78 is 38.2. The van der Waals surface area contributed by atoms with Crippen LogP contribution in [0.25, 0.3) is 22.2 Å². The Morgan fingerprint density at radius 2 is 1.67 bits per heavy atom. The van der Waals surface area contributed by atoms with E-state index in [2.05, 4.69) is 14.7 Å². The molecule has 0 atom stereocenters. The van der Waals surface area contributed by atoms with Crippen LogP contribution in [-0.4, -0.2) is 36.7 Å². The van der Waals surface area contributed by atoms with Crippen LogP contribution >= 0.6 is 23.2 Å². The molecule has 1 aromatic heterocycles. The number of aromatic nitrogens is 2. The molecule has 0 amide bonds. The van der Waals surface area contributed by atoms with Crippen LogP contribution in [0.15, 0.2) is 68.8 Å². The number of carbonyl (C=O) groups is 1. The van der Waals surface area contributed by atoms with E-state index in [4.69, 9.17) is 27.9 Å². The number of hydrogen-bond acceptors (Lipinski definition) is 7. The summed E-state index contributed by atoms with van der Waals surface area (Å²) in [5.41, 5.74) is 0.0215. The van der Waals surface area contributed by atoms with Gasteiger partial charge >= 0.3 is 11.7 Å². The van der Waals surface area contributed by atoms with Gasteiger partial charge in [0.15, 0.2) is 5.82 Å². The first-order chi connectivity index (χ1) is 16.8. The SMILES string of the molecule is CC(C)(C)OC(=O)CN(c1ccc2cc(-c3noc(=O)[nH]3)ccc2c1)S(=O)(=O)c1cc(Cl)cc(Cl)c1. The molecule has 0 unspecified atom stereocenters. The highest BCUT2D eigenvalue weighted by molar-refractivity contribution is 7.92. The van der Waals surface area contributed by atoms with Gasteiger partial charge in [0.25, 0.3) is 10.0 Å². The number of hydrogen-bond donors (Lipinski definition) is 1. The average Bonchev–Trinajstić information content (AvgIpc) is 3.21. The molecule has 1 heterocycles. The third-order valence-corrected chi connectivity index (χ3v) is 7.13. The molecular weight excluding hydrogens is 529 g/mol. The van der Waals surface area contributed by atoms with Crippen molar-refractivity contribution in [1.82, 2.24) is 10.1 Å². The Morgan fingerprint density at radius 3 is 2.28 bits per heavy atom. The minimum absolute atomic E-state index is 0.134. The third-order valence-electron chi connectivity index (χ3n) is 4.94. The summed E-state index contributed by atoms with van der Waals surface area (Å²) in [4.78, 5) is 26.3. The van der Waals surface area contributed by atoms with Gasteiger partial charge in [0.05, 0.1) is 10.6 Å². The van der Waals surface area contributed by atoms with Crippen molar-refractivity contribution < 1.29 is 22.5 Å². The maximum absolute atomic E-state index is 13.7. The lowest BCUT2D eigenvalue weighted by Crippen LogP contribution is -2.39. The van der Waals surface area contributed by atoms with E-state index in [0.29, 0.717) is 10.9 Å². The number of fused-ring (bicyclic) bond motifs is 1. The molecule has 0 aliphatic rings. The summed E-state index contributed by atoms with van der Waals surface area (Å²) in [5, 5.41) is 5.36. The Hall–Kier alpha value is -3.34. The number of carbonyl (C=O) groups excluding carboxylic acids is 1. The topological polar surface area (TPSA) is 123 Å². The van der Waals surface area contributed by atoms with Crippen molar-refractivity contribution >= 4 is 55.7 Å². The van der Waals surface area contributed by atoms with Crippen molar-refractivity contribution in [3.8, 4) is 11.4 Å². The fourth-order valence-corrected chi connectivity index (χ4v) is 5.63. The van der Waals surface area contributed by atoms with Gasteiger partial charge in [-0.3, -0.25) is 18.6 Å². The van der Waals surface area contributed by atoms with Gasteiger partial charge in [0, 0.05) is 15.6 Å². The summed E-state index contributed by atoms with van der Waals surface area (Å²) in [6.45, 7) is 4.50. The highest BCUT2D eigenvalue weighted by atomic mass is 35.5. The monoisotopic (exact) mass is 549 g/mol. The zero-order valence-electron chi connectivity index (χ0n) is 19.4. The quantitative estimate of drug-likeness (QED) is 0.334. The number of benzene rings is 3. The molecule has 36 heavy (non-hydrogen) atoms. The summed E-state index contributed by atoms with van der Waals surface area (Å²) >= 11 is 12.1. The number of nitrogens with zero attached hydrogens (tertiary/aromatic N) is 2. The molecule has 0 bridgehead atoms. The second-order valence-corrected chi connectivity index (χ2v) is 11.6. The number of anilines is 1. The van der Waals surface area contributed by atoms with E-state index < -0.39 is 33.9 Å². The summed E-state index contributed by atoms with van der Waals surface area (Å²) in [6.07, 6.45) is 0. The standard InChI is InChI=1S/C24H21Cl2N3O6S/c1-24(2,3)34-21(30)13-29(36(32,33)20-11-17(25)10-18(26)12-20)19-7-6-14-8-16(5-4-15(14)9-19)22-27-23(31)35-28-22/h4-12H,13H2,1-3H3,(H,27,28,31).